The van der Waals surface area contributed by atoms with Crippen LogP contribution < -0.4 is 0 Å². The molecule has 0 heterocycles. The van der Waals surface area contributed by atoms with Crippen LogP contribution in [0, 0.1) is 6.92 Å². The van der Waals surface area contributed by atoms with Crippen molar-refractivity contribution in [2.24, 2.45) is 0 Å². The molecular formula is C32H50. The summed E-state index contributed by atoms with van der Waals surface area (Å²) in [5, 5.41) is 0. The molecule has 0 amide bonds. The minimum Gasteiger partial charge on any atom is -0.0991 e. The SMILES string of the molecule is C=C/C=C\C=C(/CC)C(/C=C\C(C)=C/C)=C(C)CC.CC.CCCCc1ccccc1C. The lowest BCUT2D eigenvalue weighted by atomic mass is 9.95. The summed E-state index contributed by atoms with van der Waals surface area (Å²) in [6, 6.07) is 8.64. The van der Waals surface area contributed by atoms with Gasteiger partial charge in [-0.05, 0) is 75.7 Å². The van der Waals surface area contributed by atoms with E-state index in [0.29, 0.717) is 0 Å². The molecular weight excluding hydrogens is 384 g/mol. The van der Waals surface area contributed by atoms with Gasteiger partial charge in [0.2, 0.25) is 0 Å². The Kier molecular flexibility index (Phi) is 21.8. The van der Waals surface area contributed by atoms with Crippen molar-refractivity contribution in [3.63, 3.8) is 0 Å². The molecule has 0 aliphatic rings. The Labute approximate surface area is 201 Å². The minimum absolute atomic E-state index is 1.04. The van der Waals surface area contributed by atoms with Crippen LogP contribution in [0.1, 0.15) is 92.2 Å². The van der Waals surface area contributed by atoms with Gasteiger partial charge in [0.1, 0.15) is 0 Å². The Bertz CT molecular complexity index is 763. The normalized spacial score (nSPS) is 12.7. The number of aryl methyl sites for hydroxylation is 2. The summed E-state index contributed by atoms with van der Waals surface area (Å²) in [5.74, 6) is 0. The van der Waals surface area contributed by atoms with Gasteiger partial charge in [-0.25, -0.2) is 0 Å². The molecule has 0 saturated heterocycles. The molecule has 0 atom stereocenters. The van der Waals surface area contributed by atoms with E-state index in [-0.39, 0.29) is 0 Å². The summed E-state index contributed by atoms with van der Waals surface area (Å²) >= 11 is 0. The summed E-state index contributed by atoms with van der Waals surface area (Å²) in [6.45, 7) is 22.9. The fraction of sp³-hybridized carbons (Fsp3) is 0.438. The molecule has 1 aromatic rings. The summed E-state index contributed by atoms with van der Waals surface area (Å²) in [7, 11) is 0. The first kappa shape index (κ1) is 31.8. The zero-order chi connectivity index (χ0) is 24.8. The zero-order valence-corrected chi connectivity index (χ0v) is 22.6. The van der Waals surface area contributed by atoms with E-state index >= 15 is 0 Å². The van der Waals surface area contributed by atoms with E-state index in [9.17, 15) is 0 Å². The first-order valence-corrected chi connectivity index (χ1v) is 12.5. The molecule has 0 radical (unpaired) electrons. The molecule has 0 spiro atoms. The van der Waals surface area contributed by atoms with Gasteiger partial charge in [0.15, 0.2) is 0 Å². The second kappa shape index (κ2) is 21.9. The van der Waals surface area contributed by atoms with Gasteiger partial charge in [0.25, 0.3) is 0 Å². The van der Waals surface area contributed by atoms with Crippen molar-refractivity contribution in [1.82, 2.24) is 0 Å². The van der Waals surface area contributed by atoms with Crippen molar-refractivity contribution in [2.45, 2.75) is 94.4 Å². The molecule has 0 bridgehead atoms. The smallest absolute Gasteiger partial charge is 0.0235 e. The minimum atomic E-state index is 1.04. The van der Waals surface area contributed by atoms with E-state index < -0.39 is 0 Å². The lowest BCUT2D eigenvalue weighted by Gasteiger charge is -2.10. The van der Waals surface area contributed by atoms with E-state index in [1.165, 1.54) is 52.7 Å². The third kappa shape index (κ3) is 14.6. The summed E-state index contributed by atoms with van der Waals surface area (Å²) < 4.78 is 0. The number of rotatable bonds is 10. The second-order valence-corrected chi connectivity index (χ2v) is 7.61. The maximum absolute atomic E-state index is 3.70. The monoisotopic (exact) mass is 434 g/mol. The van der Waals surface area contributed by atoms with Crippen LogP contribution in [-0.2, 0) is 6.42 Å². The zero-order valence-electron chi connectivity index (χ0n) is 22.6. The highest BCUT2D eigenvalue weighted by Crippen LogP contribution is 2.22. The average molecular weight is 435 g/mol. The molecule has 0 unspecified atom stereocenters. The molecule has 0 nitrogen and oxygen atoms in total. The number of unbranched alkanes of at least 4 members (excludes halogenated alkanes) is 1. The Morgan fingerprint density at radius 2 is 1.59 bits per heavy atom. The molecule has 0 fully saturated rings. The molecule has 0 aliphatic heterocycles. The highest BCUT2D eigenvalue weighted by atomic mass is 14.1. The van der Waals surface area contributed by atoms with Gasteiger partial charge in [-0.15, -0.1) is 0 Å². The van der Waals surface area contributed by atoms with Crippen molar-refractivity contribution in [1.29, 1.82) is 0 Å². The molecule has 1 aromatic carbocycles. The number of hydrogen-bond donors (Lipinski definition) is 0. The van der Waals surface area contributed by atoms with E-state index in [1.54, 1.807) is 6.08 Å². The Morgan fingerprint density at radius 3 is 2.09 bits per heavy atom. The van der Waals surface area contributed by atoms with E-state index in [1.807, 2.05) is 19.9 Å². The summed E-state index contributed by atoms with van der Waals surface area (Å²) in [4.78, 5) is 0. The van der Waals surface area contributed by atoms with Crippen molar-refractivity contribution in [2.75, 3.05) is 0 Å². The van der Waals surface area contributed by atoms with Gasteiger partial charge in [-0.2, -0.15) is 0 Å². The summed E-state index contributed by atoms with van der Waals surface area (Å²) in [5.41, 5.74) is 8.39. The van der Waals surface area contributed by atoms with E-state index in [2.05, 4.69) is 110 Å². The van der Waals surface area contributed by atoms with Crippen molar-refractivity contribution < 1.29 is 0 Å². The van der Waals surface area contributed by atoms with Gasteiger partial charge in [0.05, 0.1) is 0 Å². The van der Waals surface area contributed by atoms with Gasteiger partial charge in [0, 0.05) is 0 Å². The third-order valence-corrected chi connectivity index (χ3v) is 5.29. The third-order valence-electron chi connectivity index (χ3n) is 5.29. The average Bonchev–Trinajstić information content (AvgIpc) is 2.83. The molecule has 178 valence electrons. The highest BCUT2D eigenvalue weighted by molar-refractivity contribution is 5.46. The van der Waals surface area contributed by atoms with E-state index in [0.717, 1.165) is 12.8 Å². The quantitative estimate of drug-likeness (QED) is 0.321. The first-order chi connectivity index (χ1) is 15.4. The molecule has 0 N–H and O–H groups in total. The molecule has 0 aromatic heterocycles. The Hall–Kier alpha value is -2.34. The van der Waals surface area contributed by atoms with Gasteiger partial charge in [-0.1, -0.05) is 126 Å². The van der Waals surface area contributed by atoms with Gasteiger partial charge in [-0.3, -0.25) is 0 Å². The fourth-order valence-electron chi connectivity index (χ4n) is 2.93. The topological polar surface area (TPSA) is 0 Å². The van der Waals surface area contributed by atoms with E-state index in [4.69, 9.17) is 0 Å². The molecule has 0 saturated carbocycles. The first-order valence-electron chi connectivity index (χ1n) is 12.5. The standard InChI is InChI=1S/C19H28.C11H16.C2H6/c1-7-11-12-13-18(10-4)19(17(6)9-3)15-14-16(5)8-2;1-3-4-8-11-9-6-5-7-10(11)2;1-2/h7-8,11-15H,1,9-10H2,2-6H3;5-7,9H,3-4,8H2,1-2H3;1-2H3/b12-11-,15-14-,16-8-,18-13+,19-17?;;. The van der Waals surface area contributed by atoms with Crippen LogP contribution in [0.15, 0.2) is 95.7 Å². The number of hydrogen-bond acceptors (Lipinski definition) is 0. The van der Waals surface area contributed by atoms with Crippen molar-refractivity contribution in [3.05, 3.63) is 107 Å². The second-order valence-electron chi connectivity index (χ2n) is 7.61. The van der Waals surface area contributed by atoms with Crippen LogP contribution in [0.5, 0.6) is 0 Å². The molecule has 0 aliphatic carbocycles. The maximum Gasteiger partial charge on any atom is -0.0235 e. The summed E-state index contributed by atoms with van der Waals surface area (Å²) in [6.07, 6.45) is 20.5. The Balaban J connectivity index is 0. The van der Waals surface area contributed by atoms with Crippen molar-refractivity contribution >= 4 is 0 Å². The molecule has 32 heavy (non-hydrogen) atoms. The predicted molar refractivity (Wildman–Crippen MR) is 150 cm³/mol. The molecule has 1 rings (SSSR count). The van der Waals surface area contributed by atoms with Crippen LogP contribution in [0.2, 0.25) is 0 Å². The van der Waals surface area contributed by atoms with Gasteiger partial charge < -0.3 is 0 Å². The van der Waals surface area contributed by atoms with Crippen LogP contribution in [-0.4, -0.2) is 0 Å². The largest absolute Gasteiger partial charge is 0.0991 e. The van der Waals surface area contributed by atoms with Gasteiger partial charge >= 0.3 is 0 Å². The fourth-order valence-corrected chi connectivity index (χ4v) is 2.93. The number of allylic oxidation sites excluding steroid dienone is 11. The highest BCUT2D eigenvalue weighted by Gasteiger charge is 2.03. The number of benzene rings is 1. The lowest BCUT2D eigenvalue weighted by molar-refractivity contribution is 0.791. The maximum atomic E-state index is 3.70. The van der Waals surface area contributed by atoms with Crippen LogP contribution in [0.25, 0.3) is 0 Å². The van der Waals surface area contributed by atoms with Crippen LogP contribution in [0.3, 0.4) is 0 Å². The van der Waals surface area contributed by atoms with Crippen molar-refractivity contribution in [3.8, 4) is 0 Å². The van der Waals surface area contributed by atoms with Crippen LogP contribution in [0.4, 0.5) is 0 Å². The Morgan fingerprint density at radius 1 is 0.938 bits per heavy atom. The predicted octanol–water partition coefficient (Wildman–Crippen LogP) is 10.7. The molecule has 0 heteroatoms. The van der Waals surface area contributed by atoms with Crippen LogP contribution >= 0.6 is 0 Å². The lowest BCUT2D eigenvalue weighted by Crippen LogP contribution is -1.90.